The van der Waals surface area contributed by atoms with Crippen molar-refractivity contribution in [2.75, 3.05) is 12.4 Å². The van der Waals surface area contributed by atoms with Crippen molar-refractivity contribution in [3.8, 4) is 12.1 Å². The number of hydrogen-bond donors (Lipinski definition) is 3. The Morgan fingerprint density at radius 1 is 1.31 bits per heavy atom. The number of halogens is 3. The molecule has 0 aliphatic carbocycles. The zero-order valence-corrected chi connectivity index (χ0v) is 17.7. The van der Waals surface area contributed by atoms with Crippen LogP contribution in [0.5, 0.6) is 5.88 Å². The van der Waals surface area contributed by atoms with E-state index in [1.165, 1.54) is 26.3 Å². The summed E-state index contributed by atoms with van der Waals surface area (Å²) in [6.45, 7) is 1.48. The lowest BCUT2D eigenvalue weighted by atomic mass is 10.2. The van der Waals surface area contributed by atoms with Gasteiger partial charge in [-0.25, -0.2) is 4.98 Å². The smallest absolute Gasteiger partial charge is 0.253 e. The molecule has 1 aromatic carbocycles. The predicted octanol–water partition coefficient (Wildman–Crippen LogP) is 3.53. The van der Waals surface area contributed by atoms with E-state index in [1.54, 1.807) is 36.5 Å². The highest BCUT2D eigenvalue weighted by molar-refractivity contribution is 6.48. The summed E-state index contributed by atoms with van der Waals surface area (Å²) in [4.78, 5) is 20.3. The van der Waals surface area contributed by atoms with Crippen LogP contribution in [0.25, 0.3) is 0 Å². The Bertz CT molecular complexity index is 922. The fourth-order valence-corrected chi connectivity index (χ4v) is 2.54. The third-order valence-corrected chi connectivity index (χ3v) is 4.19. The van der Waals surface area contributed by atoms with Crippen LogP contribution < -0.4 is 20.7 Å². The van der Waals surface area contributed by atoms with Crippen molar-refractivity contribution in [3.63, 3.8) is 0 Å². The summed E-state index contributed by atoms with van der Waals surface area (Å²) in [5.74, 6) is -0.0497. The number of aliphatic imine (C=N–C) groups is 1. The van der Waals surface area contributed by atoms with Gasteiger partial charge in [-0.3, -0.25) is 4.79 Å². The minimum Gasteiger partial charge on any atom is -0.481 e. The molecule has 1 atom stereocenters. The number of carbonyl (C=O) groups excluding carboxylic acids is 1. The van der Waals surface area contributed by atoms with Gasteiger partial charge < -0.3 is 20.7 Å². The van der Waals surface area contributed by atoms with E-state index in [9.17, 15) is 4.79 Å². The minimum atomic E-state index is -1.45. The second-order valence-electron chi connectivity index (χ2n) is 5.79. The van der Waals surface area contributed by atoms with Crippen LogP contribution in [0.2, 0.25) is 5.02 Å². The summed E-state index contributed by atoms with van der Waals surface area (Å²) in [6.07, 6.45) is 2.13. The Morgan fingerprint density at radius 2 is 2.07 bits per heavy atom. The molecule has 152 valence electrons. The van der Waals surface area contributed by atoms with Gasteiger partial charge in [-0.15, -0.1) is 4.99 Å². The van der Waals surface area contributed by atoms with Gasteiger partial charge in [0.1, 0.15) is 6.17 Å². The molecule has 0 radical (unpaired) electrons. The zero-order chi connectivity index (χ0) is 21.4. The molecule has 11 heteroatoms. The first-order chi connectivity index (χ1) is 13.7. The topological polar surface area (TPSA) is 111 Å². The van der Waals surface area contributed by atoms with Crippen LogP contribution in [0, 0.1) is 11.5 Å². The zero-order valence-electron chi connectivity index (χ0n) is 15.4. The molecular weight excluding hydrogens is 439 g/mol. The van der Waals surface area contributed by atoms with E-state index in [0.717, 1.165) is 0 Å². The molecule has 0 aliphatic heterocycles. The molecule has 0 bridgehead atoms. The van der Waals surface area contributed by atoms with Gasteiger partial charge in [-0.1, -0.05) is 40.9 Å². The Morgan fingerprint density at radius 3 is 2.62 bits per heavy atom. The third-order valence-electron chi connectivity index (χ3n) is 3.52. The lowest BCUT2D eigenvalue weighted by molar-refractivity contribution is 0.0931. The number of pyridine rings is 1. The fraction of sp³-hybridized carbons (Fsp3) is 0.222. The Hall–Kier alpha value is -2.73. The number of aromatic nitrogens is 1. The number of methoxy groups -OCH3 is 1. The van der Waals surface area contributed by atoms with E-state index < -0.39 is 16.4 Å². The molecule has 8 nitrogen and oxygen atoms in total. The molecule has 1 unspecified atom stereocenters. The molecule has 3 N–H and O–H groups in total. The quantitative estimate of drug-likeness (QED) is 0.202. The van der Waals surface area contributed by atoms with Crippen molar-refractivity contribution in [1.82, 2.24) is 15.6 Å². The number of nitrogens with zero attached hydrogens (tertiary/aromatic N) is 3. The van der Waals surface area contributed by atoms with E-state index in [1.807, 2.05) is 0 Å². The summed E-state index contributed by atoms with van der Waals surface area (Å²) < 4.78 is 3.54. The summed E-state index contributed by atoms with van der Waals surface area (Å²) in [6, 6.07) is 9.66. The molecule has 0 aliphatic rings. The highest BCUT2D eigenvalue weighted by atomic mass is 35.5. The first-order valence-electron chi connectivity index (χ1n) is 8.17. The van der Waals surface area contributed by atoms with Crippen molar-refractivity contribution >= 4 is 52.4 Å². The second kappa shape index (κ2) is 10.2. The molecule has 0 saturated carbocycles. The average Bonchev–Trinajstić information content (AvgIpc) is 2.67. The van der Waals surface area contributed by atoms with Crippen molar-refractivity contribution < 1.29 is 9.53 Å². The molecule has 1 amide bonds. The van der Waals surface area contributed by atoms with Crippen LogP contribution in [-0.2, 0) is 0 Å². The van der Waals surface area contributed by atoms with E-state index in [0.29, 0.717) is 22.2 Å². The van der Waals surface area contributed by atoms with Gasteiger partial charge in [0.05, 0.1) is 19.0 Å². The van der Waals surface area contributed by atoms with Crippen molar-refractivity contribution in [1.29, 1.82) is 5.26 Å². The SMILES string of the molecule is COc1ccc(N/C(=N\C#N)NC(NC(=O)c2cccc(Cl)c2)C(C)(Cl)Cl)cn1. The molecule has 1 aromatic heterocycles. The number of rotatable bonds is 6. The Kier molecular flexibility index (Phi) is 7.91. The van der Waals surface area contributed by atoms with Gasteiger partial charge in [0.2, 0.25) is 18.0 Å². The molecule has 0 saturated heterocycles. The van der Waals surface area contributed by atoms with Gasteiger partial charge in [0, 0.05) is 16.7 Å². The monoisotopic (exact) mass is 454 g/mol. The number of benzene rings is 1. The van der Waals surface area contributed by atoms with Gasteiger partial charge >= 0.3 is 0 Å². The molecule has 29 heavy (non-hydrogen) atoms. The van der Waals surface area contributed by atoms with E-state index in [4.69, 9.17) is 44.8 Å². The number of ether oxygens (including phenoxy) is 1. The highest BCUT2D eigenvalue weighted by Crippen LogP contribution is 2.24. The molecule has 2 rings (SSSR count). The lowest BCUT2D eigenvalue weighted by Crippen LogP contribution is -2.57. The van der Waals surface area contributed by atoms with Gasteiger partial charge in [-0.2, -0.15) is 5.26 Å². The lowest BCUT2D eigenvalue weighted by Gasteiger charge is -2.29. The number of alkyl halides is 2. The van der Waals surface area contributed by atoms with Crippen LogP contribution in [0.4, 0.5) is 5.69 Å². The molecule has 1 heterocycles. The molecule has 0 fully saturated rings. The van der Waals surface area contributed by atoms with Gasteiger partial charge in [0.15, 0.2) is 4.33 Å². The summed E-state index contributed by atoms with van der Waals surface area (Å²) in [7, 11) is 1.49. The third kappa shape index (κ3) is 6.98. The second-order valence-corrected chi connectivity index (χ2v) is 7.99. The molecule has 2 aromatic rings. The van der Waals surface area contributed by atoms with Gasteiger partial charge in [-0.05, 0) is 31.2 Å². The number of guanidine groups is 1. The van der Waals surface area contributed by atoms with Crippen LogP contribution in [0.3, 0.4) is 0 Å². The summed E-state index contributed by atoms with van der Waals surface area (Å²) in [5, 5.41) is 17.7. The maximum Gasteiger partial charge on any atom is 0.253 e. The Balaban J connectivity index is 2.18. The fourth-order valence-electron chi connectivity index (χ4n) is 2.13. The van der Waals surface area contributed by atoms with E-state index in [2.05, 4.69) is 25.9 Å². The van der Waals surface area contributed by atoms with Gasteiger partial charge in [0.25, 0.3) is 5.91 Å². The van der Waals surface area contributed by atoms with Crippen molar-refractivity contribution in [2.24, 2.45) is 4.99 Å². The summed E-state index contributed by atoms with van der Waals surface area (Å²) in [5.41, 5.74) is 0.825. The first kappa shape index (κ1) is 22.6. The molecular formula is C18H17Cl3N6O2. The predicted molar refractivity (Wildman–Crippen MR) is 113 cm³/mol. The van der Waals surface area contributed by atoms with Crippen LogP contribution in [0.15, 0.2) is 47.6 Å². The van der Waals surface area contributed by atoms with Crippen LogP contribution in [-0.4, -0.2) is 34.5 Å². The number of nitriles is 1. The van der Waals surface area contributed by atoms with E-state index >= 15 is 0 Å². The van der Waals surface area contributed by atoms with Crippen LogP contribution >= 0.6 is 34.8 Å². The maximum absolute atomic E-state index is 12.5. The number of hydrogen-bond acceptors (Lipinski definition) is 5. The highest BCUT2D eigenvalue weighted by Gasteiger charge is 2.32. The maximum atomic E-state index is 12.5. The van der Waals surface area contributed by atoms with Crippen molar-refractivity contribution in [2.45, 2.75) is 17.4 Å². The van der Waals surface area contributed by atoms with Crippen molar-refractivity contribution in [3.05, 3.63) is 53.2 Å². The van der Waals surface area contributed by atoms with Crippen LogP contribution in [0.1, 0.15) is 17.3 Å². The van der Waals surface area contributed by atoms with E-state index in [-0.39, 0.29) is 5.96 Å². The number of anilines is 1. The Labute approximate surface area is 182 Å². The first-order valence-corrected chi connectivity index (χ1v) is 9.31. The molecule has 0 spiro atoms. The average molecular weight is 456 g/mol. The summed E-state index contributed by atoms with van der Waals surface area (Å²) >= 11 is 18.4. The standard InChI is InChI=1S/C18H17Cl3N6O2/c1-18(20,21)16(26-15(28)11-4-3-5-12(19)8-11)27-17(24-10-22)25-13-6-7-14(29-2)23-9-13/h3-9,16H,1-2H3,(H,26,28)(H2,24,25,27). The normalized spacial score (nSPS) is 12.5. The largest absolute Gasteiger partial charge is 0.481 e. The minimum absolute atomic E-state index is 0.00314. The number of amides is 1. The number of carbonyl (C=O) groups is 1. The number of nitrogens with one attached hydrogen (secondary N) is 3.